The Hall–Kier alpha value is -2.73. The molecule has 126 valence electrons. The summed E-state index contributed by atoms with van der Waals surface area (Å²) in [6.07, 6.45) is 0. The number of carbonyl (C=O) groups excluding carboxylic acids is 2. The Morgan fingerprint density at radius 1 is 1.08 bits per heavy atom. The van der Waals surface area contributed by atoms with E-state index in [4.69, 9.17) is 21.1 Å². The summed E-state index contributed by atoms with van der Waals surface area (Å²) in [4.78, 5) is 23.7. The van der Waals surface area contributed by atoms with Crippen LogP contribution in [0.15, 0.2) is 42.5 Å². The van der Waals surface area contributed by atoms with Crippen molar-refractivity contribution in [2.24, 2.45) is 0 Å². The maximum atomic E-state index is 11.9. The molecule has 0 spiro atoms. The van der Waals surface area contributed by atoms with Crippen molar-refractivity contribution in [3.63, 3.8) is 0 Å². The minimum Gasteiger partial charge on any atom is -0.497 e. The number of ether oxygens (including phenoxy) is 3. The van der Waals surface area contributed by atoms with Gasteiger partial charge >= 0.3 is 5.97 Å². The molecule has 0 aromatic heterocycles. The van der Waals surface area contributed by atoms with E-state index in [2.05, 4.69) is 10.1 Å². The molecular weight excluding hydrogens is 334 g/mol. The molecule has 0 heterocycles. The predicted molar refractivity (Wildman–Crippen MR) is 89.9 cm³/mol. The molecule has 0 saturated heterocycles. The summed E-state index contributed by atoms with van der Waals surface area (Å²) >= 11 is 5.86. The van der Waals surface area contributed by atoms with Gasteiger partial charge in [-0.3, -0.25) is 4.79 Å². The van der Waals surface area contributed by atoms with Gasteiger partial charge in [-0.1, -0.05) is 11.6 Å². The lowest BCUT2D eigenvalue weighted by Crippen LogP contribution is -2.21. The van der Waals surface area contributed by atoms with Gasteiger partial charge in [0, 0.05) is 10.7 Å². The third-order valence-corrected chi connectivity index (χ3v) is 3.31. The van der Waals surface area contributed by atoms with Gasteiger partial charge < -0.3 is 19.5 Å². The third kappa shape index (κ3) is 4.63. The molecule has 0 unspecified atom stereocenters. The monoisotopic (exact) mass is 349 g/mol. The highest BCUT2D eigenvalue weighted by molar-refractivity contribution is 6.31. The first kappa shape index (κ1) is 17.6. The molecule has 6 nitrogen and oxygen atoms in total. The molecule has 1 N–H and O–H groups in total. The molecule has 1 amide bonds. The molecule has 0 bridgehead atoms. The van der Waals surface area contributed by atoms with Crippen LogP contribution in [-0.2, 0) is 9.53 Å². The molecule has 24 heavy (non-hydrogen) atoms. The lowest BCUT2D eigenvalue weighted by molar-refractivity contribution is -0.118. The van der Waals surface area contributed by atoms with Crippen LogP contribution in [0.5, 0.6) is 11.5 Å². The van der Waals surface area contributed by atoms with Gasteiger partial charge in [0.25, 0.3) is 5.91 Å². The number of halogens is 1. The van der Waals surface area contributed by atoms with Crippen molar-refractivity contribution < 1.29 is 23.8 Å². The van der Waals surface area contributed by atoms with Crippen LogP contribution < -0.4 is 14.8 Å². The van der Waals surface area contributed by atoms with Gasteiger partial charge in [-0.15, -0.1) is 0 Å². The van der Waals surface area contributed by atoms with Crippen molar-refractivity contribution >= 4 is 29.2 Å². The zero-order valence-corrected chi connectivity index (χ0v) is 13.9. The van der Waals surface area contributed by atoms with Gasteiger partial charge in [-0.25, -0.2) is 4.79 Å². The second-order valence-corrected chi connectivity index (χ2v) is 5.13. The SMILES string of the molecule is COC(=O)c1cc(Cl)ccc1OCC(=O)Nc1ccc(OC)cc1. The van der Waals surface area contributed by atoms with Crippen molar-refractivity contribution in [2.45, 2.75) is 0 Å². The second kappa shape index (κ2) is 8.21. The predicted octanol–water partition coefficient (Wildman–Crippen LogP) is 3.15. The Labute approximate surface area is 144 Å². The van der Waals surface area contributed by atoms with Crippen molar-refractivity contribution in [2.75, 3.05) is 26.1 Å². The first-order valence-electron chi connectivity index (χ1n) is 6.98. The van der Waals surface area contributed by atoms with E-state index in [1.165, 1.54) is 19.2 Å². The number of hydrogen-bond donors (Lipinski definition) is 1. The summed E-state index contributed by atoms with van der Waals surface area (Å²) in [6.45, 7) is -0.266. The standard InChI is InChI=1S/C17H16ClNO5/c1-22-13-6-4-12(5-7-13)19-16(20)10-24-15-8-3-11(18)9-14(15)17(21)23-2/h3-9H,10H2,1-2H3,(H,19,20). The van der Waals surface area contributed by atoms with Gasteiger partial charge in [-0.05, 0) is 42.5 Å². The van der Waals surface area contributed by atoms with Gasteiger partial charge in [0.15, 0.2) is 6.61 Å². The quantitative estimate of drug-likeness (QED) is 0.811. The summed E-state index contributed by atoms with van der Waals surface area (Å²) < 4.78 is 15.1. The summed E-state index contributed by atoms with van der Waals surface area (Å²) in [6, 6.07) is 11.4. The minimum absolute atomic E-state index is 0.155. The molecule has 0 aliphatic rings. The van der Waals surface area contributed by atoms with E-state index >= 15 is 0 Å². The third-order valence-electron chi connectivity index (χ3n) is 3.08. The number of benzene rings is 2. The number of hydrogen-bond acceptors (Lipinski definition) is 5. The molecule has 0 radical (unpaired) electrons. The number of esters is 1. The average Bonchev–Trinajstić information content (AvgIpc) is 2.60. The van der Waals surface area contributed by atoms with Gasteiger partial charge in [-0.2, -0.15) is 0 Å². The molecule has 2 aromatic carbocycles. The molecule has 0 atom stereocenters. The Morgan fingerprint density at radius 3 is 2.42 bits per heavy atom. The number of rotatable bonds is 6. The van der Waals surface area contributed by atoms with Crippen LogP contribution in [0.1, 0.15) is 10.4 Å². The van der Waals surface area contributed by atoms with Crippen LogP contribution in [-0.4, -0.2) is 32.7 Å². The van der Waals surface area contributed by atoms with E-state index < -0.39 is 5.97 Å². The molecule has 2 rings (SSSR count). The molecule has 0 saturated carbocycles. The van der Waals surface area contributed by atoms with Crippen molar-refractivity contribution in [3.8, 4) is 11.5 Å². The van der Waals surface area contributed by atoms with E-state index in [9.17, 15) is 9.59 Å². The van der Waals surface area contributed by atoms with E-state index in [0.29, 0.717) is 16.5 Å². The molecular formula is C17H16ClNO5. The molecule has 0 fully saturated rings. The van der Waals surface area contributed by atoms with Crippen LogP contribution >= 0.6 is 11.6 Å². The molecule has 0 aliphatic heterocycles. The fraction of sp³-hybridized carbons (Fsp3) is 0.176. The summed E-state index contributed by atoms with van der Waals surface area (Å²) in [5.74, 6) is -0.0572. The minimum atomic E-state index is -0.594. The number of methoxy groups -OCH3 is 2. The van der Waals surface area contributed by atoms with Gasteiger partial charge in [0.2, 0.25) is 0 Å². The number of carbonyl (C=O) groups is 2. The lowest BCUT2D eigenvalue weighted by atomic mass is 10.2. The summed E-state index contributed by atoms with van der Waals surface area (Å²) in [5.41, 5.74) is 0.760. The molecule has 2 aromatic rings. The Kier molecular flexibility index (Phi) is 6.03. The Bertz CT molecular complexity index is 730. The summed E-state index contributed by atoms with van der Waals surface area (Å²) in [7, 11) is 2.82. The zero-order chi connectivity index (χ0) is 17.5. The fourth-order valence-corrected chi connectivity index (χ4v) is 2.08. The largest absolute Gasteiger partial charge is 0.497 e. The maximum absolute atomic E-state index is 11.9. The first-order valence-corrected chi connectivity index (χ1v) is 7.36. The number of nitrogens with one attached hydrogen (secondary N) is 1. The highest BCUT2D eigenvalue weighted by Crippen LogP contribution is 2.24. The van der Waals surface area contributed by atoms with E-state index in [-0.39, 0.29) is 23.8 Å². The number of amides is 1. The van der Waals surface area contributed by atoms with Crippen LogP contribution in [0, 0.1) is 0 Å². The lowest BCUT2D eigenvalue weighted by Gasteiger charge is -2.11. The summed E-state index contributed by atoms with van der Waals surface area (Å²) in [5, 5.41) is 3.04. The van der Waals surface area contributed by atoms with E-state index in [1.54, 1.807) is 37.4 Å². The van der Waals surface area contributed by atoms with Crippen LogP contribution in [0.4, 0.5) is 5.69 Å². The Morgan fingerprint density at radius 2 is 1.79 bits per heavy atom. The van der Waals surface area contributed by atoms with Gasteiger partial charge in [0.05, 0.1) is 14.2 Å². The highest BCUT2D eigenvalue weighted by Gasteiger charge is 2.15. The van der Waals surface area contributed by atoms with Crippen LogP contribution in [0.2, 0.25) is 5.02 Å². The number of anilines is 1. The van der Waals surface area contributed by atoms with Gasteiger partial charge in [0.1, 0.15) is 17.1 Å². The van der Waals surface area contributed by atoms with Crippen LogP contribution in [0.25, 0.3) is 0 Å². The topological polar surface area (TPSA) is 73.9 Å². The smallest absolute Gasteiger partial charge is 0.341 e. The second-order valence-electron chi connectivity index (χ2n) is 4.70. The molecule has 0 aliphatic carbocycles. The fourth-order valence-electron chi connectivity index (χ4n) is 1.91. The maximum Gasteiger partial charge on any atom is 0.341 e. The van der Waals surface area contributed by atoms with E-state index in [1.807, 2.05) is 0 Å². The normalized spacial score (nSPS) is 9.96. The van der Waals surface area contributed by atoms with E-state index in [0.717, 1.165) is 0 Å². The molecule has 7 heteroatoms. The van der Waals surface area contributed by atoms with Crippen molar-refractivity contribution in [1.82, 2.24) is 0 Å². The van der Waals surface area contributed by atoms with Crippen molar-refractivity contribution in [3.05, 3.63) is 53.1 Å². The first-order chi connectivity index (χ1) is 11.5. The van der Waals surface area contributed by atoms with Crippen LogP contribution in [0.3, 0.4) is 0 Å². The Balaban J connectivity index is 1.99. The zero-order valence-electron chi connectivity index (χ0n) is 13.2. The average molecular weight is 350 g/mol. The van der Waals surface area contributed by atoms with Crippen molar-refractivity contribution in [1.29, 1.82) is 0 Å². The highest BCUT2D eigenvalue weighted by atomic mass is 35.5.